The van der Waals surface area contributed by atoms with Crippen LogP contribution in [-0.4, -0.2) is 39.5 Å². The third kappa shape index (κ3) is 3.86. The molecule has 0 fully saturated rings. The molecular formula is C20H23N3O5S. The summed E-state index contributed by atoms with van der Waals surface area (Å²) < 4.78 is 46.4. The van der Waals surface area contributed by atoms with Crippen LogP contribution in [0.25, 0.3) is 5.69 Å². The lowest BCUT2D eigenvalue weighted by Gasteiger charge is -2.15. The average molecular weight is 417 g/mol. The Kier molecular flexibility index (Phi) is 5.69. The molecule has 2 aromatic carbocycles. The zero-order chi connectivity index (χ0) is 21.2. The van der Waals surface area contributed by atoms with Gasteiger partial charge in [-0.1, -0.05) is 18.2 Å². The molecule has 0 bridgehead atoms. The predicted molar refractivity (Wildman–Crippen MR) is 110 cm³/mol. The highest BCUT2D eigenvalue weighted by atomic mass is 32.2. The van der Waals surface area contributed by atoms with E-state index >= 15 is 0 Å². The van der Waals surface area contributed by atoms with Gasteiger partial charge in [0.05, 0.1) is 44.1 Å². The van der Waals surface area contributed by atoms with Crippen LogP contribution in [0.1, 0.15) is 11.4 Å². The van der Waals surface area contributed by atoms with Gasteiger partial charge in [-0.15, -0.1) is 0 Å². The first-order valence-corrected chi connectivity index (χ1v) is 10.2. The number of anilines is 1. The topological polar surface area (TPSA) is 91.7 Å². The third-order valence-corrected chi connectivity index (χ3v) is 6.04. The Balaban J connectivity index is 2.04. The molecule has 3 aromatic rings. The fraction of sp³-hybridized carbons (Fsp3) is 0.250. The summed E-state index contributed by atoms with van der Waals surface area (Å²) in [6, 6.07) is 12.4. The zero-order valence-corrected chi connectivity index (χ0v) is 17.7. The second kappa shape index (κ2) is 8.04. The molecule has 9 heteroatoms. The fourth-order valence-electron chi connectivity index (χ4n) is 3.18. The number of aromatic nitrogens is 2. The minimum Gasteiger partial charge on any atom is -0.493 e. The first-order valence-electron chi connectivity index (χ1n) is 8.76. The quantitative estimate of drug-likeness (QED) is 0.634. The highest BCUT2D eigenvalue weighted by Gasteiger charge is 2.26. The van der Waals surface area contributed by atoms with Crippen LogP contribution in [0.15, 0.2) is 47.4 Å². The van der Waals surface area contributed by atoms with Crippen molar-refractivity contribution in [2.24, 2.45) is 0 Å². The van der Waals surface area contributed by atoms with Crippen LogP contribution < -0.4 is 18.9 Å². The summed E-state index contributed by atoms with van der Waals surface area (Å²) in [5.41, 5.74) is 1.97. The maximum Gasteiger partial charge on any atom is 0.265 e. The van der Waals surface area contributed by atoms with Gasteiger partial charge in [0, 0.05) is 12.1 Å². The van der Waals surface area contributed by atoms with Crippen LogP contribution >= 0.6 is 0 Å². The Bertz CT molecular complexity index is 1100. The molecule has 3 rings (SSSR count). The van der Waals surface area contributed by atoms with Crippen molar-refractivity contribution >= 4 is 15.7 Å². The maximum absolute atomic E-state index is 13.2. The summed E-state index contributed by atoms with van der Waals surface area (Å²) in [7, 11) is 0.496. The van der Waals surface area contributed by atoms with Gasteiger partial charge in [0.1, 0.15) is 4.90 Å². The lowest BCUT2D eigenvalue weighted by molar-refractivity contribution is 0.325. The third-order valence-electron chi connectivity index (χ3n) is 4.41. The molecule has 1 N–H and O–H groups in total. The van der Waals surface area contributed by atoms with Crippen molar-refractivity contribution in [3.8, 4) is 22.9 Å². The summed E-state index contributed by atoms with van der Waals surface area (Å²) in [4.78, 5) is 0.120. The summed E-state index contributed by atoms with van der Waals surface area (Å²) in [6.45, 7) is 3.38. The van der Waals surface area contributed by atoms with Gasteiger partial charge in [0.15, 0.2) is 11.5 Å². The van der Waals surface area contributed by atoms with Gasteiger partial charge in [-0.2, -0.15) is 5.10 Å². The van der Waals surface area contributed by atoms with Gasteiger partial charge < -0.3 is 14.2 Å². The maximum atomic E-state index is 13.2. The van der Waals surface area contributed by atoms with E-state index in [1.165, 1.54) is 33.5 Å². The minimum atomic E-state index is -3.92. The van der Waals surface area contributed by atoms with E-state index in [1.54, 1.807) is 18.5 Å². The Morgan fingerprint density at radius 3 is 2.03 bits per heavy atom. The molecule has 154 valence electrons. The Hall–Kier alpha value is -3.20. The molecule has 0 aliphatic carbocycles. The average Bonchev–Trinajstić information content (AvgIpc) is 3.02. The second-order valence-electron chi connectivity index (χ2n) is 6.27. The van der Waals surface area contributed by atoms with E-state index < -0.39 is 10.0 Å². The molecular weight excluding hydrogens is 394 g/mol. The number of hydrogen-bond donors (Lipinski definition) is 1. The molecule has 0 radical (unpaired) electrons. The standard InChI is InChI=1S/C20H23N3O5S/c1-13-20(14(2)23(21-13)16-9-7-6-8-10-16)29(24,25)22-15-11-17(26-3)19(28-5)18(12-15)27-4/h6-12,22H,1-5H3. The number of aryl methyl sites for hydroxylation is 1. The Labute approximate surface area is 170 Å². The van der Waals surface area contributed by atoms with Gasteiger partial charge in [0.2, 0.25) is 5.75 Å². The monoisotopic (exact) mass is 417 g/mol. The number of methoxy groups -OCH3 is 3. The lowest BCUT2D eigenvalue weighted by Crippen LogP contribution is -2.15. The van der Waals surface area contributed by atoms with Crippen LogP contribution in [0, 0.1) is 13.8 Å². The molecule has 0 saturated heterocycles. The molecule has 1 aromatic heterocycles. The summed E-state index contributed by atoms with van der Waals surface area (Å²) in [5.74, 6) is 1.07. The number of nitrogens with one attached hydrogen (secondary N) is 1. The van der Waals surface area contributed by atoms with Gasteiger partial charge in [-0.25, -0.2) is 13.1 Å². The first kappa shape index (κ1) is 20.5. The van der Waals surface area contributed by atoms with Gasteiger partial charge in [0.25, 0.3) is 10.0 Å². The number of hydrogen-bond acceptors (Lipinski definition) is 6. The number of sulfonamides is 1. The molecule has 0 atom stereocenters. The van der Waals surface area contributed by atoms with Crippen LogP contribution in [-0.2, 0) is 10.0 Å². The van der Waals surface area contributed by atoms with E-state index in [0.29, 0.717) is 28.6 Å². The fourth-order valence-corrected chi connectivity index (χ4v) is 4.62. The minimum absolute atomic E-state index is 0.120. The SMILES string of the molecule is COc1cc(NS(=O)(=O)c2c(C)nn(-c3ccccc3)c2C)cc(OC)c1OC. The predicted octanol–water partition coefficient (Wildman–Crippen LogP) is 3.32. The lowest BCUT2D eigenvalue weighted by atomic mass is 10.2. The molecule has 0 aliphatic heterocycles. The van der Waals surface area contributed by atoms with E-state index in [0.717, 1.165) is 5.69 Å². The summed E-state index contributed by atoms with van der Waals surface area (Å²) in [6.07, 6.45) is 0. The van der Waals surface area contributed by atoms with Gasteiger partial charge >= 0.3 is 0 Å². The molecule has 0 unspecified atom stereocenters. The molecule has 29 heavy (non-hydrogen) atoms. The van der Waals surface area contributed by atoms with Crippen molar-refractivity contribution in [1.82, 2.24) is 9.78 Å². The van der Waals surface area contributed by atoms with Gasteiger partial charge in [-0.3, -0.25) is 4.72 Å². The summed E-state index contributed by atoms with van der Waals surface area (Å²) >= 11 is 0. The highest BCUT2D eigenvalue weighted by molar-refractivity contribution is 7.92. The Morgan fingerprint density at radius 2 is 1.52 bits per heavy atom. The van der Waals surface area contributed by atoms with E-state index in [4.69, 9.17) is 14.2 Å². The largest absolute Gasteiger partial charge is 0.493 e. The smallest absolute Gasteiger partial charge is 0.265 e. The first-order chi connectivity index (χ1) is 13.8. The van der Waals surface area contributed by atoms with Crippen molar-refractivity contribution in [3.63, 3.8) is 0 Å². The van der Waals surface area contributed by atoms with Crippen LogP contribution in [0.2, 0.25) is 0 Å². The van der Waals surface area contributed by atoms with Crippen molar-refractivity contribution in [3.05, 3.63) is 53.9 Å². The van der Waals surface area contributed by atoms with Crippen LogP contribution in [0.3, 0.4) is 0 Å². The van der Waals surface area contributed by atoms with Crippen molar-refractivity contribution in [1.29, 1.82) is 0 Å². The number of benzene rings is 2. The molecule has 1 heterocycles. The molecule has 8 nitrogen and oxygen atoms in total. The normalized spacial score (nSPS) is 11.2. The van der Waals surface area contributed by atoms with E-state index in [-0.39, 0.29) is 10.6 Å². The zero-order valence-electron chi connectivity index (χ0n) is 16.9. The number of ether oxygens (including phenoxy) is 3. The molecule has 0 amide bonds. The van der Waals surface area contributed by atoms with Crippen LogP contribution in [0.5, 0.6) is 17.2 Å². The van der Waals surface area contributed by atoms with Crippen molar-refractivity contribution in [2.45, 2.75) is 18.7 Å². The molecule has 0 aliphatic rings. The van der Waals surface area contributed by atoms with Crippen LogP contribution in [0.4, 0.5) is 5.69 Å². The van der Waals surface area contributed by atoms with E-state index in [2.05, 4.69) is 9.82 Å². The van der Waals surface area contributed by atoms with E-state index in [1.807, 2.05) is 30.3 Å². The van der Waals surface area contributed by atoms with Gasteiger partial charge in [-0.05, 0) is 26.0 Å². The second-order valence-corrected chi connectivity index (χ2v) is 7.89. The number of para-hydroxylation sites is 1. The summed E-state index contributed by atoms with van der Waals surface area (Å²) in [5, 5.41) is 4.41. The molecule has 0 saturated carbocycles. The van der Waals surface area contributed by atoms with Crippen molar-refractivity contribution in [2.75, 3.05) is 26.1 Å². The number of nitrogens with zero attached hydrogens (tertiary/aromatic N) is 2. The number of rotatable bonds is 7. The van der Waals surface area contributed by atoms with Crippen molar-refractivity contribution < 1.29 is 22.6 Å². The van der Waals surface area contributed by atoms with E-state index in [9.17, 15) is 8.42 Å². The molecule has 0 spiro atoms. The highest BCUT2D eigenvalue weighted by Crippen LogP contribution is 2.40. The Morgan fingerprint density at radius 1 is 0.931 bits per heavy atom.